The highest BCUT2D eigenvalue weighted by atomic mass is 35.5. The lowest BCUT2D eigenvalue weighted by atomic mass is 10.1. The number of nitrogens with one attached hydrogen (secondary N) is 1. The minimum absolute atomic E-state index is 0.0104. The molecule has 3 rings (SSSR count). The maximum absolute atomic E-state index is 14.0. The molecule has 0 radical (unpaired) electrons. The Morgan fingerprint density at radius 2 is 1.51 bits per heavy atom. The van der Waals surface area contributed by atoms with Crippen LogP contribution in [0.1, 0.15) is 38.3 Å². The third kappa shape index (κ3) is 7.97. The summed E-state index contributed by atoms with van der Waals surface area (Å²) < 4.78 is 28.8. The van der Waals surface area contributed by atoms with Crippen LogP contribution in [-0.4, -0.2) is 43.8 Å². The number of carbonyl (C=O) groups is 2. The van der Waals surface area contributed by atoms with Gasteiger partial charge in [0.1, 0.15) is 12.6 Å². The van der Waals surface area contributed by atoms with Crippen LogP contribution in [0, 0.1) is 6.92 Å². The van der Waals surface area contributed by atoms with Crippen molar-refractivity contribution in [1.29, 1.82) is 0 Å². The Kier molecular flexibility index (Phi) is 10.4. The van der Waals surface area contributed by atoms with Gasteiger partial charge in [-0.25, -0.2) is 8.42 Å². The number of hydrogen-bond donors (Lipinski definition) is 1. The lowest BCUT2D eigenvalue weighted by Gasteiger charge is -2.33. The van der Waals surface area contributed by atoms with Crippen molar-refractivity contribution in [2.24, 2.45) is 0 Å². The van der Waals surface area contributed by atoms with Gasteiger partial charge in [-0.15, -0.1) is 0 Å². The molecule has 0 heterocycles. The van der Waals surface area contributed by atoms with Crippen LogP contribution in [-0.2, 0) is 26.2 Å². The number of hydrogen-bond acceptors (Lipinski definition) is 4. The Balaban J connectivity index is 2.08. The van der Waals surface area contributed by atoms with Gasteiger partial charge in [-0.1, -0.05) is 78.2 Å². The summed E-state index contributed by atoms with van der Waals surface area (Å²) in [5.74, 6) is -0.855. The molecular weight excluding hydrogens is 557 g/mol. The van der Waals surface area contributed by atoms with Crippen molar-refractivity contribution >= 4 is 50.7 Å². The van der Waals surface area contributed by atoms with E-state index < -0.39 is 28.5 Å². The summed E-state index contributed by atoms with van der Waals surface area (Å²) >= 11 is 12.5. The number of carbonyl (C=O) groups excluding carboxylic acids is 2. The monoisotopic (exact) mass is 589 g/mol. The molecule has 0 bridgehead atoms. The van der Waals surface area contributed by atoms with Crippen LogP contribution in [0.15, 0.2) is 77.7 Å². The largest absolute Gasteiger partial charge is 0.352 e. The predicted octanol–water partition coefficient (Wildman–Crippen LogP) is 5.83. The quantitative estimate of drug-likeness (QED) is 0.305. The van der Waals surface area contributed by atoms with Gasteiger partial charge in [-0.2, -0.15) is 0 Å². The summed E-state index contributed by atoms with van der Waals surface area (Å²) in [5, 5.41) is 3.32. The Hall–Kier alpha value is -3.07. The lowest BCUT2D eigenvalue weighted by Crippen LogP contribution is -2.53. The average Bonchev–Trinajstić information content (AvgIpc) is 2.86. The maximum Gasteiger partial charge on any atom is 0.264 e. The molecule has 0 saturated carbocycles. The fourth-order valence-electron chi connectivity index (χ4n) is 4.13. The van der Waals surface area contributed by atoms with Gasteiger partial charge >= 0.3 is 0 Å². The standard InChI is InChI=1S/C29H33Cl2N3O4S/c1-5-27(29(36)32-20(2)3)33(18-22-9-7-6-8-10-22)28(35)19-34(25-16-23(30)15-24(31)17-25)39(37,38)26-13-11-21(4)12-14-26/h6-17,20,27H,5,18-19H2,1-4H3,(H,32,36). The first-order chi connectivity index (χ1) is 18.4. The molecule has 0 saturated heterocycles. The van der Waals surface area contributed by atoms with E-state index in [2.05, 4.69) is 5.32 Å². The van der Waals surface area contributed by atoms with E-state index in [1.807, 2.05) is 58.0 Å². The Morgan fingerprint density at radius 1 is 0.923 bits per heavy atom. The highest BCUT2D eigenvalue weighted by molar-refractivity contribution is 7.92. The molecule has 0 spiro atoms. The molecule has 2 amide bonds. The van der Waals surface area contributed by atoms with Crippen LogP contribution >= 0.6 is 23.2 Å². The van der Waals surface area contributed by atoms with Crippen molar-refractivity contribution < 1.29 is 18.0 Å². The van der Waals surface area contributed by atoms with E-state index in [4.69, 9.17) is 23.2 Å². The molecule has 1 N–H and O–H groups in total. The fraction of sp³-hybridized carbons (Fsp3) is 0.310. The molecule has 0 aliphatic heterocycles. The highest BCUT2D eigenvalue weighted by Gasteiger charge is 2.34. The van der Waals surface area contributed by atoms with E-state index in [9.17, 15) is 18.0 Å². The molecule has 0 aliphatic carbocycles. The number of nitrogens with zero attached hydrogens (tertiary/aromatic N) is 2. The highest BCUT2D eigenvalue weighted by Crippen LogP contribution is 2.30. The van der Waals surface area contributed by atoms with Crippen molar-refractivity contribution in [2.75, 3.05) is 10.8 Å². The van der Waals surface area contributed by atoms with Crippen LogP contribution in [0.2, 0.25) is 10.0 Å². The molecule has 39 heavy (non-hydrogen) atoms. The number of benzene rings is 3. The first-order valence-electron chi connectivity index (χ1n) is 12.6. The van der Waals surface area contributed by atoms with Crippen molar-refractivity contribution in [1.82, 2.24) is 10.2 Å². The summed E-state index contributed by atoms with van der Waals surface area (Å²) in [5.41, 5.74) is 1.83. The van der Waals surface area contributed by atoms with E-state index in [1.54, 1.807) is 12.1 Å². The first-order valence-corrected chi connectivity index (χ1v) is 14.8. The van der Waals surface area contributed by atoms with Crippen molar-refractivity contribution in [2.45, 2.75) is 57.6 Å². The third-order valence-corrected chi connectivity index (χ3v) is 8.26. The summed E-state index contributed by atoms with van der Waals surface area (Å²) in [6.07, 6.45) is 0.338. The molecule has 10 heteroatoms. The van der Waals surface area contributed by atoms with Crippen molar-refractivity contribution in [3.63, 3.8) is 0 Å². The molecule has 1 unspecified atom stereocenters. The Labute approximate surface area is 240 Å². The first kappa shape index (κ1) is 30.5. The number of halogens is 2. The predicted molar refractivity (Wildman–Crippen MR) is 157 cm³/mol. The summed E-state index contributed by atoms with van der Waals surface area (Å²) in [6, 6.07) is 19.0. The minimum atomic E-state index is -4.21. The molecular formula is C29H33Cl2N3O4S. The molecule has 0 fully saturated rings. The summed E-state index contributed by atoms with van der Waals surface area (Å²) in [6.45, 7) is 6.90. The summed E-state index contributed by atoms with van der Waals surface area (Å²) in [7, 11) is -4.21. The van der Waals surface area contributed by atoms with E-state index in [-0.39, 0.29) is 39.1 Å². The molecule has 1 atom stereocenters. The molecule has 3 aromatic rings. The van der Waals surface area contributed by atoms with Crippen molar-refractivity contribution in [3.05, 3.63) is 94.0 Å². The van der Waals surface area contributed by atoms with Gasteiger partial charge in [0, 0.05) is 22.6 Å². The molecule has 0 aromatic heterocycles. The zero-order chi connectivity index (χ0) is 28.7. The molecule has 0 aliphatic rings. The zero-order valence-electron chi connectivity index (χ0n) is 22.4. The average molecular weight is 591 g/mol. The zero-order valence-corrected chi connectivity index (χ0v) is 24.7. The maximum atomic E-state index is 14.0. The number of amides is 2. The second-order valence-corrected chi connectivity index (χ2v) is 12.3. The van der Waals surface area contributed by atoms with E-state index in [0.29, 0.717) is 6.42 Å². The summed E-state index contributed by atoms with van der Waals surface area (Å²) in [4.78, 5) is 28.6. The van der Waals surface area contributed by atoms with Gasteiger partial charge in [-0.05, 0) is 63.1 Å². The fourth-order valence-corrected chi connectivity index (χ4v) is 6.04. The van der Waals surface area contributed by atoms with Gasteiger partial charge in [0.15, 0.2) is 0 Å². The van der Waals surface area contributed by atoms with Crippen LogP contribution in [0.3, 0.4) is 0 Å². The SMILES string of the molecule is CCC(C(=O)NC(C)C)N(Cc1ccccc1)C(=O)CN(c1cc(Cl)cc(Cl)c1)S(=O)(=O)c1ccc(C)cc1. The number of anilines is 1. The normalized spacial score (nSPS) is 12.2. The van der Waals surface area contributed by atoms with Gasteiger partial charge in [0.05, 0.1) is 10.6 Å². The van der Waals surface area contributed by atoms with Gasteiger partial charge in [0.25, 0.3) is 10.0 Å². The number of sulfonamides is 1. The molecule has 208 valence electrons. The second-order valence-electron chi connectivity index (χ2n) is 9.55. The van der Waals surface area contributed by atoms with Gasteiger partial charge in [-0.3, -0.25) is 13.9 Å². The van der Waals surface area contributed by atoms with Crippen LogP contribution < -0.4 is 9.62 Å². The smallest absolute Gasteiger partial charge is 0.264 e. The minimum Gasteiger partial charge on any atom is -0.352 e. The third-order valence-electron chi connectivity index (χ3n) is 6.04. The number of aryl methyl sites for hydroxylation is 1. The van der Waals surface area contributed by atoms with Crippen LogP contribution in [0.5, 0.6) is 0 Å². The Bertz CT molecular complexity index is 1380. The molecule has 7 nitrogen and oxygen atoms in total. The van der Waals surface area contributed by atoms with Crippen LogP contribution in [0.4, 0.5) is 5.69 Å². The van der Waals surface area contributed by atoms with E-state index in [1.165, 1.54) is 35.2 Å². The van der Waals surface area contributed by atoms with Crippen LogP contribution in [0.25, 0.3) is 0 Å². The van der Waals surface area contributed by atoms with Crippen molar-refractivity contribution in [3.8, 4) is 0 Å². The topological polar surface area (TPSA) is 86.8 Å². The number of rotatable bonds is 11. The van der Waals surface area contributed by atoms with Gasteiger partial charge in [0.2, 0.25) is 11.8 Å². The Morgan fingerprint density at radius 3 is 2.05 bits per heavy atom. The van der Waals surface area contributed by atoms with E-state index >= 15 is 0 Å². The van der Waals surface area contributed by atoms with E-state index in [0.717, 1.165) is 15.4 Å². The van der Waals surface area contributed by atoms with Gasteiger partial charge < -0.3 is 10.2 Å². The lowest BCUT2D eigenvalue weighted by molar-refractivity contribution is -0.140. The second kappa shape index (κ2) is 13.3. The molecule has 3 aromatic carbocycles.